The number of furan rings is 1. The van der Waals surface area contributed by atoms with Gasteiger partial charge in [0.05, 0.1) is 25.6 Å². The van der Waals surface area contributed by atoms with Crippen molar-refractivity contribution in [1.82, 2.24) is 4.68 Å². The van der Waals surface area contributed by atoms with Crippen LogP contribution in [0, 0.1) is 0 Å². The highest BCUT2D eigenvalue weighted by atomic mass is 32.1. The number of ether oxygens (including phenoxy) is 1. The molecule has 0 fully saturated rings. The molecule has 128 valence electrons. The third-order valence-corrected chi connectivity index (χ3v) is 4.18. The van der Waals surface area contributed by atoms with Crippen molar-refractivity contribution in [2.45, 2.75) is 6.92 Å². The maximum Gasteiger partial charge on any atom is 0.206 e. The number of nitrogens with zero attached hydrogens (tertiary/aromatic N) is 3. The summed E-state index contributed by atoms with van der Waals surface area (Å²) in [4.78, 5) is 5.28. The minimum Gasteiger partial charge on any atom is -0.494 e. The summed E-state index contributed by atoms with van der Waals surface area (Å²) in [6.45, 7) is 6.87. The highest BCUT2D eigenvalue weighted by Gasteiger charge is 2.09. The Morgan fingerprint density at radius 1 is 1.28 bits per heavy atom. The highest BCUT2D eigenvalue weighted by molar-refractivity contribution is 7.07. The Balaban J connectivity index is 1.94. The number of thiazole rings is 1. The number of benzene rings is 1. The lowest BCUT2D eigenvalue weighted by Gasteiger charge is -2.03. The zero-order chi connectivity index (χ0) is 17.5. The minimum atomic E-state index is 0.538. The lowest BCUT2D eigenvalue weighted by molar-refractivity contribution is 0.340. The lowest BCUT2D eigenvalue weighted by Crippen LogP contribution is -2.12. The van der Waals surface area contributed by atoms with Crippen molar-refractivity contribution < 1.29 is 9.15 Å². The van der Waals surface area contributed by atoms with Crippen LogP contribution in [0.15, 0.2) is 75.2 Å². The van der Waals surface area contributed by atoms with Crippen molar-refractivity contribution in [3.05, 3.63) is 71.1 Å². The van der Waals surface area contributed by atoms with Crippen LogP contribution in [0.2, 0.25) is 0 Å². The molecular formula is C19H19N3O2S. The van der Waals surface area contributed by atoms with Crippen molar-refractivity contribution in [3.8, 4) is 17.2 Å². The second-order valence-corrected chi connectivity index (χ2v) is 5.91. The molecular weight excluding hydrogens is 334 g/mol. The molecule has 0 saturated carbocycles. The molecule has 2 heterocycles. The Bertz CT molecular complexity index is 903. The van der Waals surface area contributed by atoms with Crippen molar-refractivity contribution in [2.75, 3.05) is 13.2 Å². The smallest absolute Gasteiger partial charge is 0.206 e. The first-order valence-electron chi connectivity index (χ1n) is 7.95. The molecule has 0 unspecified atom stereocenters. The lowest BCUT2D eigenvalue weighted by atomic mass is 10.2. The van der Waals surface area contributed by atoms with E-state index in [2.05, 4.69) is 16.7 Å². The highest BCUT2D eigenvalue weighted by Crippen LogP contribution is 2.20. The van der Waals surface area contributed by atoms with Crippen LogP contribution in [-0.4, -0.2) is 24.0 Å². The fourth-order valence-corrected chi connectivity index (χ4v) is 3.03. The zero-order valence-electron chi connectivity index (χ0n) is 14.0. The summed E-state index contributed by atoms with van der Waals surface area (Å²) in [5.74, 6) is 1.60. The summed E-state index contributed by atoms with van der Waals surface area (Å²) in [6, 6.07) is 11.6. The predicted molar refractivity (Wildman–Crippen MR) is 101 cm³/mol. The van der Waals surface area contributed by atoms with Gasteiger partial charge < -0.3 is 9.15 Å². The molecule has 0 aliphatic carbocycles. The summed E-state index contributed by atoms with van der Waals surface area (Å²) in [5, 5.41) is 6.58. The number of aromatic nitrogens is 1. The van der Waals surface area contributed by atoms with E-state index in [1.54, 1.807) is 23.2 Å². The summed E-state index contributed by atoms with van der Waals surface area (Å²) in [5.41, 5.74) is 1.84. The van der Waals surface area contributed by atoms with E-state index in [4.69, 9.17) is 9.15 Å². The molecule has 0 saturated heterocycles. The molecule has 3 rings (SSSR count). The van der Waals surface area contributed by atoms with E-state index >= 15 is 0 Å². The van der Waals surface area contributed by atoms with E-state index in [1.165, 1.54) is 11.3 Å². The van der Waals surface area contributed by atoms with Crippen LogP contribution in [0.3, 0.4) is 0 Å². The third kappa shape index (κ3) is 4.16. The predicted octanol–water partition coefficient (Wildman–Crippen LogP) is 4.18. The molecule has 3 aromatic rings. The Kier molecular flexibility index (Phi) is 5.64. The minimum absolute atomic E-state index is 0.538. The van der Waals surface area contributed by atoms with Gasteiger partial charge in [-0.05, 0) is 48.9 Å². The van der Waals surface area contributed by atoms with Gasteiger partial charge in [-0.2, -0.15) is 5.10 Å². The van der Waals surface area contributed by atoms with Gasteiger partial charge in [0.25, 0.3) is 0 Å². The van der Waals surface area contributed by atoms with Crippen LogP contribution in [0.1, 0.15) is 12.5 Å². The summed E-state index contributed by atoms with van der Waals surface area (Å²) < 4.78 is 12.7. The average molecular weight is 353 g/mol. The first kappa shape index (κ1) is 17.0. The molecule has 0 bridgehead atoms. The molecule has 0 N–H and O–H groups in total. The van der Waals surface area contributed by atoms with Crippen LogP contribution in [0.4, 0.5) is 0 Å². The standard InChI is InChI=1S/C19H19N3O2S/c1-3-11-20-19-22(17(14-25-19)18-6-5-12-24-18)21-13-15-7-9-16(10-8-15)23-4-2/h3,5-10,12-14H,1,4,11H2,2H3. The Morgan fingerprint density at radius 2 is 2.12 bits per heavy atom. The number of rotatable bonds is 7. The van der Waals surface area contributed by atoms with E-state index in [0.717, 1.165) is 27.6 Å². The topological polar surface area (TPSA) is 52.0 Å². The monoisotopic (exact) mass is 353 g/mol. The van der Waals surface area contributed by atoms with Crippen molar-refractivity contribution in [1.29, 1.82) is 0 Å². The maximum absolute atomic E-state index is 5.51. The van der Waals surface area contributed by atoms with Gasteiger partial charge >= 0.3 is 0 Å². The fourth-order valence-electron chi connectivity index (χ4n) is 2.20. The Labute approximate surface area is 150 Å². The van der Waals surface area contributed by atoms with Crippen molar-refractivity contribution in [3.63, 3.8) is 0 Å². The third-order valence-electron chi connectivity index (χ3n) is 3.33. The molecule has 6 heteroatoms. The molecule has 0 atom stereocenters. The molecule has 0 aliphatic rings. The quantitative estimate of drug-likeness (QED) is 0.473. The van der Waals surface area contributed by atoms with Gasteiger partial charge in [0.1, 0.15) is 11.4 Å². The second kappa shape index (κ2) is 8.30. The maximum atomic E-state index is 5.51. The van der Waals surface area contributed by atoms with Gasteiger partial charge in [-0.3, -0.25) is 4.99 Å². The van der Waals surface area contributed by atoms with Gasteiger partial charge in [0.2, 0.25) is 4.80 Å². The van der Waals surface area contributed by atoms with Gasteiger partial charge in [-0.15, -0.1) is 17.9 Å². The molecule has 5 nitrogen and oxygen atoms in total. The van der Waals surface area contributed by atoms with Crippen LogP contribution in [-0.2, 0) is 0 Å². The summed E-state index contributed by atoms with van der Waals surface area (Å²) in [6.07, 6.45) is 5.20. The van der Waals surface area contributed by atoms with E-state index in [-0.39, 0.29) is 0 Å². The van der Waals surface area contributed by atoms with Crippen LogP contribution >= 0.6 is 11.3 Å². The van der Waals surface area contributed by atoms with Crippen molar-refractivity contribution >= 4 is 17.6 Å². The van der Waals surface area contributed by atoms with Gasteiger partial charge in [-0.1, -0.05) is 6.08 Å². The van der Waals surface area contributed by atoms with Gasteiger partial charge in [-0.25, -0.2) is 4.68 Å². The normalized spacial score (nSPS) is 12.0. The molecule has 2 aromatic heterocycles. The molecule has 25 heavy (non-hydrogen) atoms. The zero-order valence-corrected chi connectivity index (χ0v) is 14.8. The van der Waals surface area contributed by atoms with Crippen LogP contribution in [0.5, 0.6) is 5.75 Å². The SMILES string of the molecule is C=CCN=c1scc(-c2ccco2)n1N=Cc1ccc(OCC)cc1. The van der Waals surface area contributed by atoms with E-state index < -0.39 is 0 Å². The molecule has 0 aliphatic heterocycles. The van der Waals surface area contributed by atoms with E-state index in [9.17, 15) is 0 Å². The average Bonchev–Trinajstić information content (AvgIpc) is 3.29. The fraction of sp³-hybridized carbons (Fsp3) is 0.158. The van der Waals surface area contributed by atoms with E-state index in [1.807, 2.05) is 48.7 Å². The molecule has 0 amide bonds. The Hall–Kier alpha value is -2.86. The Morgan fingerprint density at radius 3 is 2.80 bits per heavy atom. The van der Waals surface area contributed by atoms with E-state index in [0.29, 0.717) is 13.2 Å². The largest absolute Gasteiger partial charge is 0.494 e. The first-order chi connectivity index (χ1) is 12.3. The van der Waals surface area contributed by atoms with Gasteiger partial charge in [0, 0.05) is 5.38 Å². The summed E-state index contributed by atoms with van der Waals surface area (Å²) in [7, 11) is 0. The summed E-state index contributed by atoms with van der Waals surface area (Å²) >= 11 is 1.51. The first-order valence-corrected chi connectivity index (χ1v) is 8.83. The van der Waals surface area contributed by atoms with Crippen LogP contribution in [0.25, 0.3) is 11.5 Å². The molecule has 1 aromatic carbocycles. The second-order valence-electron chi connectivity index (χ2n) is 5.07. The van der Waals surface area contributed by atoms with Crippen LogP contribution < -0.4 is 9.54 Å². The van der Waals surface area contributed by atoms with Crippen molar-refractivity contribution in [2.24, 2.45) is 10.1 Å². The molecule has 0 spiro atoms. The van der Waals surface area contributed by atoms with Gasteiger partial charge in [0.15, 0.2) is 5.76 Å². The molecule has 0 radical (unpaired) electrons. The number of hydrogen-bond donors (Lipinski definition) is 0. The number of hydrogen-bond acceptors (Lipinski definition) is 5.